The molecular formula is C40H52O4. The van der Waals surface area contributed by atoms with Gasteiger partial charge in [-0.25, -0.2) is 0 Å². The summed E-state index contributed by atoms with van der Waals surface area (Å²) in [7, 11) is 0. The number of hydrogen-bond donors (Lipinski definition) is 0. The number of ether oxygens (including phenoxy) is 2. The molecule has 44 heavy (non-hydrogen) atoms. The molecule has 2 aromatic rings. The molecule has 4 nitrogen and oxygen atoms in total. The zero-order valence-electron chi connectivity index (χ0n) is 27.1. The maximum absolute atomic E-state index is 11.5. The van der Waals surface area contributed by atoms with Crippen LogP contribution in [-0.4, -0.2) is 24.1 Å². The van der Waals surface area contributed by atoms with Crippen LogP contribution in [0.25, 0.3) is 0 Å². The monoisotopic (exact) mass is 596 g/mol. The minimum Gasteiger partial charge on any atom is -0.462 e. The maximum Gasteiger partial charge on any atom is 0.306 e. The fourth-order valence-corrected chi connectivity index (χ4v) is 7.93. The highest BCUT2D eigenvalue weighted by molar-refractivity contribution is 5.73. The summed E-state index contributed by atoms with van der Waals surface area (Å²) in [5.41, 5.74) is 2.82. The number of fused-ring (bicyclic) bond motifs is 2. The third kappa shape index (κ3) is 8.52. The Hall–Kier alpha value is -3.14. The van der Waals surface area contributed by atoms with Crippen LogP contribution < -0.4 is 0 Å². The molecule has 2 saturated carbocycles. The number of rotatable bonds is 10. The van der Waals surface area contributed by atoms with Crippen LogP contribution in [0.5, 0.6) is 0 Å². The van der Waals surface area contributed by atoms with Gasteiger partial charge in [0.1, 0.15) is 12.2 Å². The number of carbonyl (C=O) groups excluding carboxylic acids is 2. The van der Waals surface area contributed by atoms with Gasteiger partial charge in [-0.15, -0.1) is 0 Å². The fourth-order valence-electron chi connectivity index (χ4n) is 7.93. The first-order valence-electron chi connectivity index (χ1n) is 17.1. The largest absolute Gasteiger partial charge is 0.462 e. The van der Waals surface area contributed by atoms with E-state index in [2.05, 4.69) is 113 Å². The molecule has 4 aliphatic rings. The van der Waals surface area contributed by atoms with Gasteiger partial charge in [-0.1, -0.05) is 113 Å². The highest BCUT2D eigenvalue weighted by atomic mass is 16.6. The molecule has 2 aliphatic carbocycles. The van der Waals surface area contributed by atoms with Crippen LogP contribution >= 0.6 is 0 Å². The summed E-state index contributed by atoms with van der Waals surface area (Å²) < 4.78 is 10.9. The molecule has 0 amide bonds. The lowest BCUT2D eigenvalue weighted by atomic mass is 9.87. The van der Waals surface area contributed by atoms with Gasteiger partial charge in [-0.2, -0.15) is 0 Å². The Balaban J connectivity index is 0.000000175. The van der Waals surface area contributed by atoms with Gasteiger partial charge in [-0.3, -0.25) is 9.59 Å². The molecule has 4 heteroatoms. The minimum atomic E-state index is -0.00238. The number of esters is 2. The molecule has 2 aromatic carbocycles. The molecule has 0 N–H and O–H groups in total. The molecule has 6 rings (SSSR count). The molecule has 2 aliphatic heterocycles. The van der Waals surface area contributed by atoms with Gasteiger partial charge < -0.3 is 9.47 Å². The summed E-state index contributed by atoms with van der Waals surface area (Å²) >= 11 is 0. The lowest BCUT2D eigenvalue weighted by molar-refractivity contribution is -0.142. The quantitative estimate of drug-likeness (QED) is 0.203. The van der Waals surface area contributed by atoms with E-state index in [1.165, 1.54) is 24.0 Å². The summed E-state index contributed by atoms with van der Waals surface area (Å²) in [6.07, 6.45) is 17.7. The Morgan fingerprint density at radius 2 is 1.05 bits per heavy atom. The second kappa shape index (κ2) is 15.2. The third-order valence-corrected chi connectivity index (χ3v) is 10.6. The zero-order valence-corrected chi connectivity index (χ0v) is 27.1. The normalized spacial score (nSPS) is 32.2. The molecule has 0 bridgehead atoms. The number of aryl methyl sites for hydroxylation is 2. The van der Waals surface area contributed by atoms with Crippen molar-refractivity contribution in [2.45, 2.75) is 91.3 Å². The maximum atomic E-state index is 11.5. The van der Waals surface area contributed by atoms with E-state index in [0.29, 0.717) is 60.2 Å². The van der Waals surface area contributed by atoms with Crippen molar-refractivity contribution in [3.8, 4) is 0 Å². The zero-order chi connectivity index (χ0) is 31.1. The van der Waals surface area contributed by atoms with Crippen molar-refractivity contribution in [3.05, 3.63) is 96.1 Å². The highest BCUT2D eigenvalue weighted by Gasteiger charge is 2.48. The Morgan fingerprint density at radius 3 is 1.43 bits per heavy atom. The van der Waals surface area contributed by atoms with Gasteiger partial charge in [0.05, 0.1) is 12.8 Å². The predicted octanol–water partition coefficient (Wildman–Crippen LogP) is 8.80. The van der Waals surface area contributed by atoms with Crippen LogP contribution in [0.3, 0.4) is 0 Å². The molecule has 0 spiro atoms. The second-order valence-corrected chi connectivity index (χ2v) is 14.1. The highest BCUT2D eigenvalue weighted by Crippen LogP contribution is 2.46. The standard InChI is InChI=1S/2C20H26O2/c2*1-14(8-10-16-6-4-3-5-7-16)9-11-17-15(2)12-19-18(17)13-20(21)22-19/h2*3-7,9,11,14-15,17-19H,8,10,12-13H2,1-2H3/b2*11-9+/t14?,15-,17+,18-,19+;14-,15+,17-,18+,19-/m10/s1. The van der Waals surface area contributed by atoms with Crippen LogP contribution in [0.1, 0.15) is 77.3 Å². The SMILES string of the molecule is CC(/C=C/[C@@H]1[C@H]2CC(=O)O[C@H]2C[C@H]1C)CCc1ccccc1.C[C@H](/C=C/[C@@H]1[C@H]2CC(=O)O[C@H]2C[C@H]1C)CCc1ccccc1. The number of hydrogen-bond acceptors (Lipinski definition) is 4. The van der Waals surface area contributed by atoms with E-state index in [1.54, 1.807) is 0 Å². The number of carbonyl (C=O) groups is 2. The van der Waals surface area contributed by atoms with Crippen molar-refractivity contribution in [1.82, 2.24) is 0 Å². The van der Waals surface area contributed by atoms with Gasteiger partial charge in [0.2, 0.25) is 0 Å². The van der Waals surface area contributed by atoms with Gasteiger partial charge in [-0.05, 0) is 85.2 Å². The third-order valence-electron chi connectivity index (χ3n) is 10.6. The average Bonchev–Trinajstić information content (AvgIpc) is 3.72. The first-order valence-corrected chi connectivity index (χ1v) is 17.1. The van der Waals surface area contributed by atoms with Crippen LogP contribution in [-0.2, 0) is 31.9 Å². The van der Waals surface area contributed by atoms with Gasteiger partial charge >= 0.3 is 11.9 Å². The molecule has 1 unspecified atom stereocenters. The van der Waals surface area contributed by atoms with Crippen molar-refractivity contribution in [3.63, 3.8) is 0 Å². The number of allylic oxidation sites excluding steroid dienone is 4. The lowest BCUT2D eigenvalue weighted by Crippen LogP contribution is -2.13. The Kier molecular flexibility index (Phi) is 11.2. The topological polar surface area (TPSA) is 52.6 Å². The summed E-state index contributed by atoms with van der Waals surface area (Å²) in [5.74, 6) is 4.25. The summed E-state index contributed by atoms with van der Waals surface area (Å²) in [6, 6.07) is 21.3. The van der Waals surface area contributed by atoms with E-state index in [0.717, 1.165) is 25.7 Å². The summed E-state index contributed by atoms with van der Waals surface area (Å²) in [6.45, 7) is 9.14. The van der Waals surface area contributed by atoms with E-state index in [4.69, 9.17) is 9.47 Å². The first-order chi connectivity index (χ1) is 21.3. The Morgan fingerprint density at radius 1 is 0.659 bits per heavy atom. The fraction of sp³-hybridized carbons (Fsp3) is 0.550. The number of benzene rings is 2. The molecule has 236 valence electrons. The minimum absolute atomic E-state index is 0.00238. The van der Waals surface area contributed by atoms with Gasteiger partial charge in [0.15, 0.2) is 0 Å². The van der Waals surface area contributed by atoms with Crippen LogP contribution in [0.4, 0.5) is 0 Å². The smallest absolute Gasteiger partial charge is 0.306 e. The molecule has 0 radical (unpaired) electrons. The molecular weight excluding hydrogens is 544 g/mol. The van der Waals surface area contributed by atoms with Crippen molar-refractivity contribution in [1.29, 1.82) is 0 Å². The molecule has 0 aromatic heterocycles. The van der Waals surface area contributed by atoms with E-state index in [9.17, 15) is 9.59 Å². The predicted molar refractivity (Wildman–Crippen MR) is 177 cm³/mol. The summed E-state index contributed by atoms with van der Waals surface area (Å²) in [5, 5.41) is 0. The average molecular weight is 597 g/mol. The van der Waals surface area contributed by atoms with E-state index < -0.39 is 0 Å². The molecule has 2 heterocycles. The molecule has 4 fully saturated rings. The van der Waals surface area contributed by atoms with E-state index in [1.807, 2.05) is 0 Å². The Labute approximate surface area is 265 Å². The van der Waals surface area contributed by atoms with Gasteiger partial charge in [0, 0.05) is 11.8 Å². The van der Waals surface area contributed by atoms with E-state index in [-0.39, 0.29) is 24.1 Å². The van der Waals surface area contributed by atoms with Crippen LogP contribution in [0.2, 0.25) is 0 Å². The van der Waals surface area contributed by atoms with Crippen molar-refractivity contribution in [2.24, 2.45) is 47.3 Å². The molecule has 10 atom stereocenters. The Bertz CT molecular complexity index is 1170. The van der Waals surface area contributed by atoms with Crippen molar-refractivity contribution >= 4 is 11.9 Å². The second-order valence-electron chi connectivity index (χ2n) is 14.1. The van der Waals surface area contributed by atoms with Crippen LogP contribution in [0.15, 0.2) is 85.0 Å². The van der Waals surface area contributed by atoms with Crippen molar-refractivity contribution < 1.29 is 19.1 Å². The lowest BCUT2D eigenvalue weighted by Gasteiger charge is -2.16. The first kappa shape index (κ1) is 32.3. The van der Waals surface area contributed by atoms with Crippen LogP contribution in [0, 0.1) is 47.3 Å². The van der Waals surface area contributed by atoms with Crippen molar-refractivity contribution in [2.75, 3.05) is 0 Å². The molecule has 2 saturated heterocycles. The summed E-state index contributed by atoms with van der Waals surface area (Å²) in [4.78, 5) is 22.9. The van der Waals surface area contributed by atoms with Gasteiger partial charge in [0.25, 0.3) is 0 Å². The van der Waals surface area contributed by atoms with E-state index >= 15 is 0 Å².